The van der Waals surface area contributed by atoms with E-state index in [2.05, 4.69) is 41.4 Å². The maximum absolute atomic E-state index is 12.2. The van der Waals surface area contributed by atoms with E-state index in [1.54, 1.807) is 0 Å². The highest BCUT2D eigenvalue weighted by Gasteiger charge is 2.28. The van der Waals surface area contributed by atoms with Gasteiger partial charge in [-0.2, -0.15) is 0 Å². The first-order valence-corrected chi connectivity index (χ1v) is 11.0. The molecule has 1 aliphatic carbocycles. The number of aryl methyl sites for hydroxylation is 1. The average molecular weight is 426 g/mol. The molecule has 0 aliphatic heterocycles. The highest BCUT2D eigenvalue weighted by atomic mass is 16.5. The summed E-state index contributed by atoms with van der Waals surface area (Å²) in [6, 6.07) is 24.6. The van der Waals surface area contributed by atoms with E-state index in [0.29, 0.717) is 19.6 Å². The summed E-state index contributed by atoms with van der Waals surface area (Å²) in [5.41, 5.74) is 6.98. The van der Waals surface area contributed by atoms with Crippen molar-refractivity contribution in [2.75, 3.05) is 19.8 Å². The molecule has 1 aliphatic rings. The largest absolute Gasteiger partial charge is 0.449 e. The molecule has 0 atom stereocenters. The maximum atomic E-state index is 12.2. The number of hydrogen-bond acceptors (Lipinski definition) is 3. The second-order valence-corrected chi connectivity index (χ2v) is 7.83. The fraction of sp³-hybridized carbons (Fsp3) is 0.250. The number of ether oxygens (including phenoxy) is 1. The second kappa shape index (κ2) is 10.7. The van der Waals surface area contributed by atoms with Crippen LogP contribution in [0.1, 0.15) is 41.0 Å². The Balaban J connectivity index is 1.23. The summed E-state index contributed by atoms with van der Waals surface area (Å²) in [5, 5.41) is 11.7. The number of carbonyl (C=O) groups is 1. The number of aliphatic hydroxyl groups is 1. The highest BCUT2D eigenvalue weighted by molar-refractivity contribution is 5.79. The summed E-state index contributed by atoms with van der Waals surface area (Å²) in [6.07, 6.45) is 1.78. The highest BCUT2D eigenvalue weighted by Crippen LogP contribution is 2.44. The Morgan fingerprint density at radius 2 is 1.59 bits per heavy atom. The van der Waals surface area contributed by atoms with Crippen molar-refractivity contribution in [1.29, 1.82) is 0 Å². The van der Waals surface area contributed by atoms with Gasteiger partial charge in [0, 0.05) is 31.1 Å². The van der Waals surface area contributed by atoms with Crippen molar-refractivity contribution in [1.82, 2.24) is 5.32 Å². The van der Waals surface area contributed by atoms with Crippen molar-refractivity contribution in [2.45, 2.75) is 25.2 Å². The fourth-order valence-corrected chi connectivity index (χ4v) is 4.08. The van der Waals surface area contributed by atoms with Crippen LogP contribution in [0.2, 0.25) is 0 Å². The summed E-state index contributed by atoms with van der Waals surface area (Å²) in [7, 11) is 0. The molecule has 0 saturated carbocycles. The van der Waals surface area contributed by atoms with E-state index in [1.165, 1.54) is 27.8 Å². The van der Waals surface area contributed by atoms with Gasteiger partial charge in [0.1, 0.15) is 6.61 Å². The number of nitrogens with one attached hydrogen (secondary N) is 1. The molecule has 162 valence electrons. The normalized spacial score (nSPS) is 11.8. The van der Waals surface area contributed by atoms with Crippen LogP contribution in [0.4, 0.5) is 4.79 Å². The molecule has 3 aromatic rings. The molecule has 0 bridgehead atoms. The average Bonchev–Trinajstić information content (AvgIpc) is 3.16. The van der Waals surface area contributed by atoms with Gasteiger partial charge in [-0.15, -0.1) is 0 Å². The number of carbonyl (C=O) groups excluding carboxylic acids is 1. The van der Waals surface area contributed by atoms with Gasteiger partial charge in [0.25, 0.3) is 0 Å². The van der Waals surface area contributed by atoms with E-state index in [-0.39, 0.29) is 12.5 Å². The van der Waals surface area contributed by atoms with Crippen LogP contribution in [0.3, 0.4) is 0 Å². The molecule has 0 radical (unpaired) electrons. The van der Waals surface area contributed by atoms with Crippen LogP contribution in [0.15, 0.2) is 72.8 Å². The predicted molar refractivity (Wildman–Crippen MR) is 126 cm³/mol. The van der Waals surface area contributed by atoms with Gasteiger partial charge in [-0.05, 0) is 52.8 Å². The van der Waals surface area contributed by atoms with E-state index in [4.69, 9.17) is 9.84 Å². The van der Waals surface area contributed by atoms with Crippen LogP contribution in [0.25, 0.3) is 11.1 Å². The second-order valence-electron chi connectivity index (χ2n) is 7.83. The Hall–Kier alpha value is -3.55. The van der Waals surface area contributed by atoms with Crippen molar-refractivity contribution >= 4 is 6.09 Å². The topological polar surface area (TPSA) is 58.6 Å². The summed E-state index contributed by atoms with van der Waals surface area (Å²) in [5.74, 6) is 6.25. The predicted octanol–water partition coefficient (Wildman–Crippen LogP) is 4.89. The molecule has 4 rings (SSSR count). The number of benzene rings is 3. The minimum atomic E-state index is -0.415. The van der Waals surface area contributed by atoms with Crippen LogP contribution in [-0.4, -0.2) is 31.0 Å². The van der Waals surface area contributed by atoms with Crippen LogP contribution < -0.4 is 5.32 Å². The third-order valence-corrected chi connectivity index (χ3v) is 5.67. The summed E-state index contributed by atoms with van der Waals surface area (Å²) in [6.45, 7) is 0.963. The Morgan fingerprint density at radius 1 is 0.938 bits per heavy atom. The molecule has 1 amide bonds. The number of alkyl carbamates (subject to hydrolysis) is 1. The smallest absolute Gasteiger partial charge is 0.407 e. The van der Waals surface area contributed by atoms with Gasteiger partial charge < -0.3 is 15.2 Å². The number of rotatable bonds is 7. The van der Waals surface area contributed by atoms with Crippen molar-refractivity contribution in [3.05, 3.63) is 95.1 Å². The SMILES string of the molecule is O=C(NCCC#Cc1ccc(CCCO)cc1)OCC1c2ccccc2-c2ccccc21. The molecule has 0 aromatic heterocycles. The van der Waals surface area contributed by atoms with Crippen LogP contribution in [0.5, 0.6) is 0 Å². The van der Waals surface area contributed by atoms with Crippen LogP contribution in [-0.2, 0) is 11.2 Å². The lowest BCUT2D eigenvalue weighted by Gasteiger charge is -2.14. The molecule has 3 aromatic carbocycles. The van der Waals surface area contributed by atoms with Crippen LogP contribution >= 0.6 is 0 Å². The van der Waals surface area contributed by atoms with Crippen molar-refractivity contribution in [2.24, 2.45) is 0 Å². The van der Waals surface area contributed by atoms with Crippen molar-refractivity contribution in [3.63, 3.8) is 0 Å². The lowest BCUT2D eigenvalue weighted by Crippen LogP contribution is -2.26. The first-order chi connectivity index (χ1) is 15.8. The molecule has 0 saturated heterocycles. The lowest BCUT2D eigenvalue weighted by atomic mass is 9.98. The van der Waals surface area contributed by atoms with E-state index in [9.17, 15) is 4.79 Å². The number of hydrogen-bond donors (Lipinski definition) is 2. The quantitative estimate of drug-likeness (QED) is 0.418. The van der Waals surface area contributed by atoms with Gasteiger partial charge in [-0.25, -0.2) is 4.79 Å². The third-order valence-electron chi connectivity index (χ3n) is 5.67. The molecule has 0 fully saturated rings. The van der Waals surface area contributed by atoms with Crippen molar-refractivity contribution in [3.8, 4) is 23.0 Å². The molecule has 4 nitrogen and oxygen atoms in total. The zero-order valence-corrected chi connectivity index (χ0v) is 18.0. The molecule has 0 spiro atoms. The number of amides is 1. The lowest BCUT2D eigenvalue weighted by molar-refractivity contribution is 0.143. The zero-order chi connectivity index (χ0) is 22.2. The van der Waals surface area contributed by atoms with Gasteiger partial charge >= 0.3 is 6.09 Å². The standard InChI is InChI=1S/C28H27NO3/c30-19-7-9-22-16-14-21(15-17-22)8-5-6-18-29-28(31)32-20-27-25-12-3-1-10-23(25)24-11-2-4-13-26(24)27/h1-4,10-17,27,30H,6-7,9,18-20H2,(H,29,31). The van der Waals surface area contributed by atoms with Crippen LogP contribution in [0, 0.1) is 11.8 Å². The third kappa shape index (κ3) is 5.19. The first-order valence-electron chi connectivity index (χ1n) is 11.0. The van der Waals surface area contributed by atoms with Crippen molar-refractivity contribution < 1.29 is 14.6 Å². The van der Waals surface area contributed by atoms with E-state index < -0.39 is 6.09 Å². The number of fused-ring (bicyclic) bond motifs is 3. The monoisotopic (exact) mass is 425 g/mol. The Kier molecular flexibility index (Phi) is 7.22. The number of aliphatic hydroxyl groups excluding tert-OH is 1. The minimum absolute atomic E-state index is 0.0632. The summed E-state index contributed by atoms with van der Waals surface area (Å²) < 4.78 is 5.53. The first kappa shape index (κ1) is 21.7. The molecular weight excluding hydrogens is 398 g/mol. The molecule has 2 N–H and O–H groups in total. The van der Waals surface area contributed by atoms with Gasteiger partial charge in [-0.3, -0.25) is 0 Å². The molecule has 0 unspecified atom stereocenters. The molecule has 4 heteroatoms. The van der Waals surface area contributed by atoms with Gasteiger partial charge in [-0.1, -0.05) is 72.5 Å². The Labute approximate surface area is 189 Å². The molecule has 32 heavy (non-hydrogen) atoms. The zero-order valence-electron chi connectivity index (χ0n) is 18.0. The Bertz CT molecular complexity index is 1080. The maximum Gasteiger partial charge on any atom is 0.407 e. The van der Waals surface area contributed by atoms with E-state index >= 15 is 0 Å². The summed E-state index contributed by atoms with van der Waals surface area (Å²) >= 11 is 0. The molecular formula is C28H27NO3. The van der Waals surface area contributed by atoms with Gasteiger partial charge in [0.05, 0.1) is 0 Å². The van der Waals surface area contributed by atoms with Gasteiger partial charge in [0.15, 0.2) is 0 Å². The van der Waals surface area contributed by atoms with E-state index in [1.807, 2.05) is 48.5 Å². The summed E-state index contributed by atoms with van der Waals surface area (Å²) in [4.78, 5) is 12.2. The fourth-order valence-electron chi connectivity index (χ4n) is 4.08. The minimum Gasteiger partial charge on any atom is -0.449 e. The van der Waals surface area contributed by atoms with Gasteiger partial charge in [0.2, 0.25) is 0 Å². The Morgan fingerprint density at radius 3 is 2.25 bits per heavy atom. The molecule has 0 heterocycles. The van der Waals surface area contributed by atoms with E-state index in [0.717, 1.165) is 18.4 Å².